The molecule has 0 unspecified atom stereocenters. The highest BCUT2D eigenvalue weighted by molar-refractivity contribution is 7.91. The van der Waals surface area contributed by atoms with Crippen molar-refractivity contribution in [1.82, 2.24) is 5.32 Å². The lowest BCUT2D eigenvalue weighted by Gasteiger charge is -2.10. The van der Waals surface area contributed by atoms with E-state index < -0.39 is 15.8 Å². The Kier molecular flexibility index (Phi) is 8.39. The molecule has 156 valence electrons. The van der Waals surface area contributed by atoms with Crippen molar-refractivity contribution >= 4 is 21.7 Å². The number of nitrogens with one attached hydrogen (secondary N) is 1. The van der Waals surface area contributed by atoms with E-state index >= 15 is 0 Å². The van der Waals surface area contributed by atoms with Gasteiger partial charge in [0.15, 0.2) is 9.84 Å². The summed E-state index contributed by atoms with van der Waals surface area (Å²) in [7, 11) is -3.54. The monoisotopic (exact) mass is 417 g/mol. The van der Waals surface area contributed by atoms with E-state index in [9.17, 15) is 18.0 Å². The van der Waals surface area contributed by atoms with Crippen LogP contribution < -0.4 is 5.32 Å². The molecule has 1 amide bonds. The zero-order chi connectivity index (χ0) is 21.3. The molecule has 0 spiro atoms. The number of carbonyl (C=O) groups is 2. The van der Waals surface area contributed by atoms with Gasteiger partial charge in [-0.05, 0) is 37.5 Å². The van der Waals surface area contributed by atoms with Gasteiger partial charge in [-0.1, -0.05) is 48.9 Å². The second-order valence-electron chi connectivity index (χ2n) is 6.79. The molecule has 0 atom stereocenters. The number of sulfone groups is 1. The van der Waals surface area contributed by atoms with E-state index in [1.165, 1.54) is 17.7 Å². The van der Waals surface area contributed by atoms with Crippen LogP contribution in [-0.2, 0) is 25.8 Å². The summed E-state index contributed by atoms with van der Waals surface area (Å²) in [5.74, 6) is -0.879. The van der Waals surface area contributed by atoms with Crippen molar-refractivity contribution in [2.75, 3.05) is 18.9 Å². The SMILES string of the molecule is CCCS(=O)(=O)c1ccccc1C(=O)OCCNC(=O)CCc1ccc(C)cc1. The van der Waals surface area contributed by atoms with E-state index in [2.05, 4.69) is 5.32 Å². The summed E-state index contributed by atoms with van der Waals surface area (Å²) in [5.41, 5.74) is 2.28. The van der Waals surface area contributed by atoms with Gasteiger partial charge in [-0.25, -0.2) is 13.2 Å². The highest BCUT2D eigenvalue weighted by atomic mass is 32.2. The fourth-order valence-electron chi connectivity index (χ4n) is 2.80. The summed E-state index contributed by atoms with van der Waals surface area (Å²) in [5, 5.41) is 2.70. The zero-order valence-corrected chi connectivity index (χ0v) is 17.6. The van der Waals surface area contributed by atoms with Crippen LogP contribution in [0.25, 0.3) is 0 Å². The first-order chi connectivity index (χ1) is 13.8. The summed E-state index contributed by atoms with van der Waals surface area (Å²) < 4.78 is 29.8. The lowest BCUT2D eigenvalue weighted by molar-refractivity contribution is -0.121. The zero-order valence-electron chi connectivity index (χ0n) is 16.8. The molecule has 0 radical (unpaired) electrons. The number of aryl methyl sites for hydroxylation is 2. The molecule has 2 aromatic rings. The average molecular weight is 418 g/mol. The molecule has 2 rings (SSSR count). The molecule has 0 aromatic heterocycles. The molecule has 6 nitrogen and oxygen atoms in total. The Bertz CT molecular complexity index is 936. The molecule has 0 saturated heterocycles. The van der Waals surface area contributed by atoms with Crippen LogP contribution in [-0.4, -0.2) is 39.2 Å². The molecule has 0 aliphatic rings. The number of esters is 1. The largest absolute Gasteiger partial charge is 0.460 e. The molecule has 1 N–H and O–H groups in total. The van der Waals surface area contributed by atoms with Crippen LogP contribution in [0, 0.1) is 6.92 Å². The smallest absolute Gasteiger partial charge is 0.339 e. The van der Waals surface area contributed by atoms with E-state index in [1.54, 1.807) is 19.1 Å². The molecule has 0 aliphatic heterocycles. The van der Waals surface area contributed by atoms with E-state index in [1.807, 2.05) is 31.2 Å². The van der Waals surface area contributed by atoms with Gasteiger partial charge in [0.1, 0.15) is 6.61 Å². The lowest BCUT2D eigenvalue weighted by atomic mass is 10.1. The molecule has 29 heavy (non-hydrogen) atoms. The quantitative estimate of drug-likeness (QED) is 0.474. The fourth-order valence-corrected chi connectivity index (χ4v) is 4.33. The Morgan fingerprint density at radius 3 is 2.41 bits per heavy atom. The topological polar surface area (TPSA) is 89.5 Å². The summed E-state index contributed by atoms with van der Waals surface area (Å²) >= 11 is 0. The number of hydrogen-bond donors (Lipinski definition) is 1. The van der Waals surface area contributed by atoms with Crippen LogP contribution >= 0.6 is 0 Å². The summed E-state index contributed by atoms with van der Waals surface area (Å²) in [6.07, 6.45) is 1.43. The molecule has 0 fully saturated rings. The highest BCUT2D eigenvalue weighted by Crippen LogP contribution is 2.18. The predicted molar refractivity (Wildman–Crippen MR) is 112 cm³/mol. The highest BCUT2D eigenvalue weighted by Gasteiger charge is 2.22. The van der Waals surface area contributed by atoms with Gasteiger partial charge in [0.25, 0.3) is 0 Å². The van der Waals surface area contributed by atoms with Crippen LogP contribution in [0.1, 0.15) is 41.3 Å². The maximum Gasteiger partial charge on any atom is 0.339 e. The molecular formula is C22H27NO5S. The molecule has 0 bridgehead atoms. The number of amides is 1. The van der Waals surface area contributed by atoms with E-state index in [4.69, 9.17) is 4.74 Å². The Labute approximate surface area is 172 Å². The van der Waals surface area contributed by atoms with Crippen LogP contribution in [0.3, 0.4) is 0 Å². The van der Waals surface area contributed by atoms with Gasteiger partial charge in [-0.3, -0.25) is 4.79 Å². The fraction of sp³-hybridized carbons (Fsp3) is 0.364. The van der Waals surface area contributed by atoms with E-state index in [0.717, 1.165) is 5.56 Å². The number of benzene rings is 2. The second kappa shape index (κ2) is 10.8. The Hall–Kier alpha value is -2.67. The first kappa shape index (κ1) is 22.6. The minimum absolute atomic E-state index is 0.0195. The van der Waals surface area contributed by atoms with Crippen molar-refractivity contribution in [3.8, 4) is 0 Å². The van der Waals surface area contributed by atoms with Crippen LogP contribution in [0.15, 0.2) is 53.4 Å². The third kappa shape index (κ3) is 7.02. The number of carbonyl (C=O) groups excluding carboxylic acids is 2. The minimum Gasteiger partial charge on any atom is -0.460 e. The summed E-state index contributed by atoms with van der Waals surface area (Å²) in [6.45, 7) is 3.91. The van der Waals surface area contributed by atoms with Crippen molar-refractivity contribution in [3.63, 3.8) is 0 Å². The average Bonchev–Trinajstić information content (AvgIpc) is 2.70. The lowest BCUT2D eigenvalue weighted by Crippen LogP contribution is -2.28. The number of rotatable bonds is 10. The Morgan fingerprint density at radius 2 is 1.72 bits per heavy atom. The molecule has 0 heterocycles. The van der Waals surface area contributed by atoms with Gasteiger partial charge in [-0.2, -0.15) is 0 Å². The summed E-state index contributed by atoms with van der Waals surface area (Å²) in [6, 6.07) is 14.0. The normalized spacial score (nSPS) is 11.1. The van der Waals surface area contributed by atoms with Gasteiger partial charge in [0, 0.05) is 6.42 Å². The first-order valence-corrected chi connectivity index (χ1v) is 11.3. The third-order valence-corrected chi connectivity index (χ3v) is 6.31. The van der Waals surface area contributed by atoms with Gasteiger partial charge in [0.05, 0.1) is 22.8 Å². The van der Waals surface area contributed by atoms with Gasteiger partial charge in [-0.15, -0.1) is 0 Å². The first-order valence-electron chi connectivity index (χ1n) is 9.64. The van der Waals surface area contributed by atoms with Crippen molar-refractivity contribution in [2.24, 2.45) is 0 Å². The Morgan fingerprint density at radius 1 is 1.03 bits per heavy atom. The standard InChI is InChI=1S/C22H27NO5S/c1-3-16-29(26,27)20-7-5-4-6-19(20)22(25)28-15-14-23-21(24)13-12-18-10-8-17(2)9-11-18/h4-11H,3,12-16H2,1-2H3,(H,23,24). The third-order valence-electron chi connectivity index (χ3n) is 4.33. The molecule has 0 aliphatic carbocycles. The van der Waals surface area contributed by atoms with Gasteiger partial charge < -0.3 is 10.1 Å². The predicted octanol–water partition coefficient (Wildman–Crippen LogP) is 3.08. The maximum atomic E-state index is 12.3. The van der Waals surface area contributed by atoms with E-state index in [0.29, 0.717) is 19.3 Å². The molecule has 2 aromatic carbocycles. The van der Waals surface area contributed by atoms with Crippen molar-refractivity contribution < 1.29 is 22.7 Å². The minimum atomic E-state index is -3.54. The van der Waals surface area contributed by atoms with Crippen LogP contribution in [0.5, 0.6) is 0 Å². The maximum absolute atomic E-state index is 12.3. The number of hydrogen-bond acceptors (Lipinski definition) is 5. The molecule has 7 heteroatoms. The van der Waals surface area contributed by atoms with E-state index in [-0.39, 0.29) is 35.3 Å². The van der Waals surface area contributed by atoms with Gasteiger partial charge >= 0.3 is 5.97 Å². The van der Waals surface area contributed by atoms with Gasteiger partial charge in [0.2, 0.25) is 5.91 Å². The van der Waals surface area contributed by atoms with Crippen LogP contribution in [0.2, 0.25) is 0 Å². The van der Waals surface area contributed by atoms with Crippen molar-refractivity contribution in [1.29, 1.82) is 0 Å². The number of ether oxygens (including phenoxy) is 1. The summed E-state index contributed by atoms with van der Waals surface area (Å²) in [4.78, 5) is 24.2. The molecule has 0 saturated carbocycles. The van der Waals surface area contributed by atoms with Crippen molar-refractivity contribution in [2.45, 2.75) is 38.0 Å². The Balaban J connectivity index is 1.80. The molecular weight excluding hydrogens is 390 g/mol. The van der Waals surface area contributed by atoms with Crippen molar-refractivity contribution in [3.05, 3.63) is 65.2 Å². The van der Waals surface area contributed by atoms with Crippen LogP contribution in [0.4, 0.5) is 0 Å². The second-order valence-corrected chi connectivity index (χ2v) is 8.86.